The Morgan fingerprint density at radius 2 is 1.83 bits per heavy atom. The van der Waals surface area contributed by atoms with Crippen molar-refractivity contribution in [1.29, 1.82) is 0 Å². The average Bonchev–Trinajstić information content (AvgIpc) is 3.33. The third-order valence-electron chi connectivity index (χ3n) is 6.16. The van der Waals surface area contributed by atoms with Gasteiger partial charge in [0.15, 0.2) is 11.5 Å². The average molecular weight is 392 g/mol. The largest absolute Gasteiger partial charge is 0.486 e. The highest BCUT2D eigenvalue weighted by molar-refractivity contribution is 5.98. The summed E-state index contributed by atoms with van der Waals surface area (Å²) in [4.78, 5) is 30.1. The van der Waals surface area contributed by atoms with Crippen LogP contribution in [0.5, 0.6) is 11.5 Å². The fraction of sp³-hybridized carbons (Fsp3) is 0.391. The van der Waals surface area contributed by atoms with E-state index in [2.05, 4.69) is 0 Å². The first-order chi connectivity index (χ1) is 14.1. The highest BCUT2D eigenvalue weighted by Crippen LogP contribution is 2.37. The number of amides is 2. The molecule has 3 heterocycles. The molecule has 6 heteroatoms. The molecule has 0 aliphatic carbocycles. The topological polar surface area (TPSA) is 59.1 Å². The SMILES string of the molecule is Cc1cccc(C(=O)N2CC[C@@H]3CN(C(=O)c4cccc5c4OCCO5)C[C@@H]32)c1. The molecule has 2 aromatic rings. The van der Waals surface area contributed by atoms with Crippen molar-refractivity contribution in [2.45, 2.75) is 19.4 Å². The molecule has 0 unspecified atom stereocenters. The van der Waals surface area contributed by atoms with E-state index in [0.717, 1.165) is 24.1 Å². The molecule has 6 nitrogen and oxygen atoms in total. The van der Waals surface area contributed by atoms with Gasteiger partial charge in [-0.15, -0.1) is 0 Å². The van der Waals surface area contributed by atoms with Crippen LogP contribution in [0.3, 0.4) is 0 Å². The molecule has 0 aromatic heterocycles. The van der Waals surface area contributed by atoms with Crippen molar-refractivity contribution in [2.24, 2.45) is 5.92 Å². The molecule has 3 aliphatic rings. The second-order valence-electron chi connectivity index (χ2n) is 8.02. The van der Waals surface area contributed by atoms with Crippen molar-refractivity contribution in [3.05, 3.63) is 59.2 Å². The Kier molecular flexibility index (Phi) is 4.42. The summed E-state index contributed by atoms with van der Waals surface area (Å²) in [5.41, 5.74) is 2.34. The minimum atomic E-state index is -0.0512. The maximum absolute atomic E-state index is 13.2. The number of para-hydroxylation sites is 1. The number of rotatable bonds is 2. The first kappa shape index (κ1) is 18.0. The van der Waals surface area contributed by atoms with Crippen LogP contribution in [0.4, 0.5) is 0 Å². The molecular weight excluding hydrogens is 368 g/mol. The quantitative estimate of drug-likeness (QED) is 0.789. The van der Waals surface area contributed by atoms with Gasteiger partial charge >= 0.3 is 0 Å². The summed E-state index contributed by atoms with van der Waals surface area (Å²) >= 11 is 0. The summed E-state index contributed by atoms with van der Waals surface area (Å²) in [7, 11) is 0. The van der Waals surface area contributed by atoms with Crippen molar-refractivity contribution < 1.29 is 19.1 Å². The Morgan fingerprint density at radius 1 is 1.00 bits per heavy atom. The molecule has 2 aromatic carbocycles. The summed E-state index contributed by atoms with van der Waals surface area (Å²) in [6.07, 6.45) is 0.929. The summed E-state index contributed by atoms with van der Waals surface area (Å²) in [6.45, 7) is 4.92. The summed E-state index contributed by atoms with van der Waals surface area (Å²) in [6, 6.07) is 13.2. The molecule has 3 aliphatic heterocycles. The Hall–Kier alpha value is -3.02. The zero-order valence-corrected chi connectivity index (χ0v) is 16.5. The van der Waals surface area contributed by atoms with Crippen LogP contribution in [0.25, 0.3) is 0 Å². The molecule has 2 atom stereocenters. The van der Waals surface area contributed by atoms with E-state index in [1.54, 1.807) is 6.07 Å². The summed E-state index contributed by atoms with van der Waals surface area (Å²) < 4.78 is 11.3. The second-order valence-corrected chi connectivity index (χ2v) is 8.02. The monoisotopic (exact) mass is 392 g/mol. The zero-order chi connectivity index (χ0) is 20.0. The maximum atomic E-state index is 13.2. The Bertz CT molecular complexity index is 973. The van der Waals surface area contributed by atoms with Crippen LogP contribution in [0, 0.1) is 12.8 Å². The van der Waals surface area contributed by atoms with Crippen LogP contribution in [0.1, 0.15) is 32.7 Å². The van der Waals surface area contributed by atoms with Gasteiger partial charge in [-0.1, -0.05) is 23.8 Å². The predicted octanol–water partition coefficient (Wildman–Crippen LogP) is 2.75. The number of ether oxygens (including phenoxy) is 2. The number of carbonyl (C=O) groups excluding carboxylic acids is 2. The predicted molar refractivity (Wildman–Crippen MR) is 107 cm³/mol. The molecule has 150 valence electrons. The number of likely N-dealkylation sites (tertiary alicyclic amines) is 2. The lowest BCUT2D eigenvalue weighted by Crippen LogP contribution is -2.40. The number of hydrogen-bond donors (Lipinski definition) is 0. The van der Waals surface area contributed by atoms with Crippen LogP contribution >= 0.6 is 0 Å². The molecule has 0 saturated carbocycles. The maximum Gasteiger partial charge on any atom is 0.257 e. The van der Waals surface area contributed by atoms with Gasteiger partial charge in [0.25, 0.3) is 11.8 Å². The molecule has 2 amide bonds. The highest BCUT2D eigenvalue weighted by Gasteiger charge is 2.45. The molecule has 0 spiro atoms. The van der Waals surface area contributed by atoms with Gasteiger partial charge in [-0.3, -0.25) is 9.59 Å². The minimum absolute atomic E-state index is 0.0512. The summed E-state index contributed by atoms with van der Waals surface area (Å²) in [5, 5.41) is 0. The van der Waals surface area contributed by atoms with Crippen molar-refractivity contribution in [3.8, 4) is 11.5 Å². The van der Waals surface area contributed by atoms with E-state index in [9.17, 15) is 9.59 Å². The first-order valence-electron chi connectivity index (χ1n) is 10.2. The van der Waals surface area contributed by atoms with Crippen LogP contribution in [0.15, 0.2) is 42.5 Å². The smallest absolute Gasteiger partial charge is 0.257 e. The standard InChI is InChI=1S/C23H24N2O4/c1-15-4-2-5-16(12-15)22(26)25-9-8-17-13-24(14-19(17)25)23(27)18-6-3-7-20-21(18)29-11-10-28-20/h2-7,12,17,19H,8-11,13-14H2,1H3/t17-,19+/m1/s1. The highest BCUT2D eigenvalue weighted by atomic mass is 16.6. The molecule has 0 N–H and O–H groups in total. The van der Waals surface area contributed by atoms with Crippen molar-refractivity contribution >= 4 is 11.8 Å². The molecule has 2 fully saturated rings. The van der Waals surface area contributed by atoms with Crippen LogP contribution in [-0.2, 0) is 0 Å². The number of hydrogen-bond acceptors (Lipinski definition) is 4. The minimum Gasteiger partial charge on any atom is -0.486 e. The molecule has 0 radical (unpaired) electrons. The van der Waals surface area contributed by atoms with Gasteiger partial charge < -0.3 is 19.3 Å². The fourth-order valence-corrected chi connectivity index (χ4v) is 4.74. The lowest BCUT2D eigenvalue weighted by atomic mass is 10.0. The number of nitrogens with zero attached hydrogens (tertiary/aromatic N) is 2. The zero-order valence-electron chi connectivity index (χ0n) is 16.5. The van der Waals surface area contributed by atoms with Gasteiger partial charge in [-0.2, -0.15) is 0 Å². The Balaban J connectivity index is 1.35. The van der Waals surface area contributed by atoms with Crippen LogP contribution in [0.2, 0.25) is 0 Å². The fourth-order valence-electron chi connectivity index (χ4n) is 4.74. The third kappa shape index (κ3) is 3.12. The molecule has 0 bridgehead atoms. The van der Waals surface area contributed by atoms with Gasteiger partial charge in [0.2, 0.25) is 0 Å². The van der Waals surface area contributed by atoms with E-state index in [4.69, 9.17) is 9.47 Å². The van der Waals surface area contributed by atoms with E-state index in [0.29, 0.717) is 49.3 Å². The van der Waals surface area contributed by atoms with Crippen molar-refractivity contribution in [1.82, 2.24) is 9.80 Å². The Labute approximate surface area is 170 Å². The molecular formula is C23H24N2O4. The van der Waals surface area contributed by atoms with E-state index in [1.165, 1.54) is 0 Å². The van der Waals surface area contributed by atoms with E-state index < -0.39 is 0 Å². The lowest BCUT2D eigenvalue weighted by molar-refractivity contribution is 0.0685. The van der Waals surface area contributed by atoms with E-state index >= 15 is 0 Å². The van der Waals surface area contributed by atoms with Crippen LogP contribution in [-0.4, -0.2) is 60.5 Å². The van der Waals surface area contributed by atoms with Gasteiger partial charge in [0, 0.05) is 31.1 Å². The van der Waals surface area contributed by atoms with Gasteiger partial charge in [-0.25, -0.2) is 0 Å². The van der Waals surface area contributed by atoms with Crippen molar-refractivity contribution in [3.63, 3.8) is 0 Å². The normalized spacial score (nSPS) is 22.5. The number of benzene rings is 2. The van der Waals surface area contributed by atoms with Gasteiger partial charge in [0.05, 0.1) is 11.6 Å². The number of fused-ring (bicyclic) bond motifs is 2. The molecule has 29 heavy (non-hydrogen) atoms. The van der Waals surface area contributed by atoms with E-state index in [1.807, 2.05) is 53.1 Å². The summed E-state index contributed by atoms with van der Waals surface area (Å²) in [5.74, 6) is 1.49. The number of aryl methyl sites for hydroxylation is 1. The third-order valence-corrected chi connectivity index (χ3v) is 6.16. The van der Waals surface area contributed by atoms with Crippen molar-refractivity contribution in [2.75, 3.05) is 32.8 Å². The van der Waals surface area contributed by atoms with E-state index in [-0.39, 0.29) is 17.9 Å². The van der Waals surface area contributed by atoms with Gasteiger partial charge in [0.1, 0.15) is 13.2 Å². The van der Waals surface area contributed by atoms with Crippen LogP contribution < -0.4 is 9.47 Å². The molecule has 5 rings (SSSR count). The second kappa shape index (κ2) is 7.10. The van der Waals surface area contributed by atoms with Gasteiger partial charge in [-0.05, 0) is 37.6 Å². The first-order valence-corrected chi connectivity index (χ1v) is 10.2. The Morgan fingerprint density at radius 3 is 2.69 bits per heavy atom. The lowest BCUT2D eigenvalue weighted by Gasteiger charge is -2.26. The molecule has 2 saturated heterocycles. The number of carbonyl (C=O) groups is 2.